The van der Waals surface area contributed by atoms with Crippen molar-refractivity contribution in [3.8, 4) is 5.69 Å². The highest BCUT2D eigenvalue weighted by atomic mass is 35.5. The zero-order valence-corrected chi connectivity index (χ0v) is 19.1. The van der Waals surface area contributed by atoms with Crippen molar-refractivity contribution < 1.29 is 4.79 Å². The summed E-state index contributed by atoms with van der Waals surface area (Å²) in [6.07, 6.45) is 2.37. The fourth-order valence-corrected chi connectivity index (χ4v) is 4.19. The van der Waals surface area contributed by atoms with Gasteiger partial charge in [-0.1, -0.05) is 49.2 Å². The second-order valence-electron chi connectivity index (χ2n) is 7.98. The van der Waals surface area contributed by atoms with Crippen LogP contribution in [-0.2, 0) is 11.2 Å². The molecule has 2 aromatic carbocycles. The number of rotatable bonds is 4. The maximum absolute atomic E-state index is 12.3. The van der Waals surface area contributed by atoms with Crippen LogP contribution in [0.3, 0.4) is 0 Å². The minimum Gasteiger partial charge on any atom is -0.321 e. The fraction of sp³-hybridized carbons (Fsp3) is 0.217. The Morgan fingerprint density at radius 3 is 2.44 bits per heavy atom. The highest BCUT2D eigenvalue weighted by Gasteiger charge is 2.24. The minimum absolute atomic E-state index is 0.111. The number of aromatic nitrogens is 3. The third-order valence-electron chi connectivity index (χ3n) is 5.11. The molecule has 2 N–H and O–H groups in total. The van der Waals surface area contributed by atoms with Gasteiger partial charge in [0.2, 0.25) is 0 Å². The zero-order valence-electron chi connectivity index (χ0n) is 17.6. The van der Waals surface area contributed by atoms with Crippen molar-refractivity contribution in [1.29, 1.82) is 0 Å². The van der Waals surface area contributed by atoms with E-state index in [4.69, 9.17) is 23.2 Å². The van der Waals surface area contributed by atoms with Crippen LogP contribution in [0.25, 0.3) is 11.3 Å². The Hall–Kier alpha value is -3.16. The SMILES string of the molecule is Cc1nn(-c2cc(Cl)c(Cc3ccc4c(c3)/C(=C/C(C)C)C(=O)N4)c(Cl)c2)c(=O)[nH]c1=O. The van der Waals surface area contributed by atoms with Gasteiger partial charge in [0.05, 0.1) is 5.69 Å². The van der Waals surface area contributed by atoms with Crippen LogP contribution in [0.5, 0.6) is 0 Å². The highest BCUT2D eigenvalue weighted by molar-refractivity contribution is 6.36. The van der Waals surface area contributed by atoms with Crippen molar-refractivity contribution in [3.63, 3.8) is 0 Å². The number of hydrogen-bond donors (Lipinski definition) is 2. The molecule has 164 valence electrons. The van der Waals surface area contributed by atoms with Gasteiger partial charge < -0.3 is 5.32 Å². The van der Waals surface area contributed by atoms with Gasteiger partial charge in [0, 0.05) is 33.3 Å². The number of allylic oxidation sites excluding steroid dienone is 1. The number of halogens is 2. The molecular formula is C23H20Cl2N4O3. The van der Waals surface area contributed by atoms with Gasteiger partial charge in [-0.2, -0.15) is 9.78 Å². The Morgan fingerprint density at radius 2 is 1.78 bits per heavy atom. The number of benzene rings is 2. The fourth-order valence-electron chi connectivity index (χ4n) is 3.59. The molecule has 0 aliphatic carbocycles. The van der Waals surface area contributed by atoms with E-state index in [1.54, 1.807) is 12.1 Å². The Labute approximate surface area is 193 Å². The summed E-state index contributed by atoms with van der Waals surface area (Å²) >= 11 is 13.0. The van der Waals surface area contributed by atoms with Crippen LogP contribution in [-0.4, -0.2) is 20.7 Å². The number of H-pyrrole nitrogens is 1. The number of hydrogen-bond acceptors (Lipinski definition) is 4. The van der Waals surface area contributed by atoms with Crippen LogP contribution in [0, 0.1) is 12.8 Å². The van der Waals surface area contributed by atoms with E-state index in [1.807, 2.05) is 38.1 Å². The molecule has 0 saturated heterocycles. The molecule has 32 heavy (non-hydrogen) atoms. The lowest BCUT2D eigenvalue weighted by molar-refractivity contribution is -0.110. The monoisotopic (exact) mass is 470 g/mol. The Bertz CT molecular complexity index is 1380. The summed E-state index contributed by atoms with van der Waals surface area (Å²) < 4.78 is 1.05. The van der Waals surface area contributed by atoms with Crippen molar-refractivity contribution in [2.75, 3.05) is 5.32 Å². The number of fused-ring (bicyclic) bond motifs is 1. The largest absolute Gasteiger partial charge is 0.349 e. The van der Waals surface area contributed by atoms with Crippen LogP contribution >= 0.6 is 23.2 Å². The van der Waals surface area contributed by atoms with Gasteiger partial charge in [0.1, 0.15) is 5.69 Å². The number of aryl methyl sites for hydroxylation is 1. The van der Waals surface area contributed by atoms with E-state index >= 15 is 0 Å². The summed E-state index contributed by atoms with van der Waals surface area (Å²) in [7, 11) is 0. The predicted molar refractivity (Wildman–Crippen MR) is 126 cm³/mol. The van der Waals surface area contributed by atoms with E-state index in [0.717, 1.165) is 21.5 Å². The Morgan fingerprint density at radius 1 is 1.09 bits per heavy atom. The molecule has 0 spiro atoms. The van der Waals surface area contributed by atoms with E-state index in [1.165, 1.54) is 6.92 Å². The van der Waals surface area contributed by atoms with E-state index in [-0.39, 0.29) is 17.5 Å². The van der Waals surface area contributed by atoms with Crippen LogP contribution in [0.1, 0.15) is 36.2 Å². The normalized spacial score (nSPS) is 14.2. The molecule has 1 aliphatic rings. The molecular weight excluding hydrogens is 451 g/mol. The van der Waals surface area contributed by atoms with Crippen molar-refractivity contribution >= 4 is 40.4 Å². The van der Waals surface area contributed by atoms with Gasteiger partial charge in [-0.05, 0) is 48.2 Å². The zero-order chi connectivity index (χ0) is 23.2. The lowest BCUT2D eigenvalue weighted by Gasteiger charge is -2.12. The van der Waals surface area contributed by atoms with Crippen LogP contribution in [0.15, 0.2) is 46.0 Å². The molecule has 9 heteroatoms. The van der Waals surface area contributed by atoms with E-state index in [0.29, 0.717) is 33.3 Å². The van der Waals surface area contributed by atoms with Gasteiger partial charge >= 0.3 is 5.69 Å². The van der Waals surface area contributed by atoms with Crippen LogP contribution in [0.4, 0.5) is 5.69 Å². The number of amides is 1. The molecule has 1 amide bonds. The molecule has 0 saturated carbocycles. The molecule has 1 aromatic heterocycles. The predicted octanol–water partition coefficient (Wildman–Crippen LogP) is 4.12. The molecule has 0 bridgehead atoms. The van der Waals surface area contributed by atoms with Crippen molar-refractivity contribution in [2.45, 2.75) is 27.2 Å². The van der Waals surface area contributed by atoms with E-state index in [9.17, 15) is 14.4 Å². The van der Waals surface area contributed by atoms with Gasteiger partial charge in [-0.25, -0.2) is 4.79 Å². The summed E-state index contributed by atoms with van der Waals surface area (Å²) in [6, 6.07) is 8.90. The summed E-state index contributed by atoms with van der Waals surface area (Å²) in [5, 5.41) is 7.61. The third-order valence-corrected chi connectivity index (χ3v) is 5.78. The molecule has 0 fully saturated rings. The topological polar surface area (TPSA) is 96.8 Å². The molecule has 3 aromatic rings. The number of aromatic amines is 1. The summed E-state index contributed by atoms with van der Waals surface area (Å²) in [6.45, 7) is 5.54. The molecule has 1 aliphatic heterocycles. The Kier molecular flexibility index (Phi) is 5.79. The van der Waals surface area contributed by atoms with Gasteiger partial charge in [0.15, 0.2) is 0 Å². The van der Waals surface area contributed by atoms with Crippen LogP contribution in [0.2, 0.25) is 10.0 Å². The lowest BCUT2D eigenvalue weighted by Crippen LogP contribution is -2.32. The van der Waals surface area contributed by atoms with Crippen molar-refractivity contribution in [3.05, 3.63) is 89.7 Å². The smallest absolute Gasteiger partial charge is 0.321 e. The second-order valence-corrected chi connectivity index (χ2v) is 8.79. The quantitative estimate of drug-likeness (QED) is 0.560. The number of carbonyl (C=O) groups is 1. The molecule has 7 nitrogen and oxygen atoms in total. The van der Waals surface area contributed by atoms with Crippen molar-refractivity contribution in [2.24, 2.45) is 5.92 Å². The number of nitrogens with one attached hydrogen (secondary N) is 2. The molecule has 0 atom stereocenters. The summed E-state index contributed by atoms with van der Waals surface area (Å²) in [4.78, 5) is 38.3. The maximum atomic E-state index is 12.3. The number of carbonyl (C=O) groups excluding carboxylic acids is 1. The molecule has 4 rings (SSSR count). The standard InChI is InChI=1S/C23H20Cl2N4O3/c1-11(2)6-16-15-7-13(4-5-20(15)26-22(16)31)8-17-18(24)9-14(10-19(17)25)29-23(32)27-21(30)12(3)28-29/h4-7,9-11H,8H2,1-3H3,(H,26,31)(H,27,30,32)/b16-6-. The van der Waals surface area contributed by atoms with Gasteiger partial charge in [0.25, 0.3) is 11.5 Å². The third kappa shape index (κ3) is 4.13. The maximum Gasteiger partial charge on any atom is 0.349 e. The number of nitrogens with zero attached hydrogens (tertiary/aromatic N) is 2. The average molecular weight is 471 g/mol. The first kappa shape index (κ1) is 22.0. The first-order chi connectivity index (χ1) is 15.1. The Balaban J connectivity index is 1.71. The van der Waals surface area contributed by atoms with E-state index in [2.05, 4.69) is 15.4 Å². The first-order valence-electron chi connectivity index (χ1n) is 9.99. The molecule has 0 radical (unpaired) electrons. The first-order valence-corrected chi connectivity index (χ1v) is 10.7. The van der Waals surface area contributed by atoms with Gasteiger partial charge in [-0.15, -0.1) is 0 Å². The summed E-state index contributed by atoms with van der Waals surface area (Å²) in [5.41, 5.74) is 3.16. The van der Waals surface area contributed by atoms with Crippen LogP contribution < -0.4 is 16.6 Å². The molecule has 0 unspecified atom stereocenters. The lowest BCUT2D eigenvalue weighted by atomic mass is 9.97. The average Bonchev–Trinajstić information content (AvgIpc) is 3.01. The van der Waals surface area contributed by atoms with Crippen molar-refractivity contribution in [1.82, 2.24) is 14.8 Å². The highest BCUT2D eigenvalue weighted by Crippen LogP contribution is 2.35. The minimum atomic E-state index is -0.680. The molecule has 2 heterocycles. The number of anilines is 1. The van der Waals surface area contributed by atoms with E-state index < -0.39 is 11.2 Å². The van der Waals surface area contributed by atoms with Gasteiger partial charge in [-0.3, -0.25) is 14.6 Å². The second kappa shape index (κ2) is 8.41. The summed E-state index contributed by atoms with van der Waals surface area (Å²) in [5.74, 6) is 0.121.